The van der Waals surface area contributed by atoms with E-state index in [9.17, 15) is 13.2 Å². The van der Waals surface area contributed by atoms with Gasteiger partial charge >= 0.3 is 0 Å². The molecule has 2 aromatic rings. The molecule has 1 aromatic carbocycles. The molecular weight excluding hydrogens is 442 g/mol. The van der Waals surface area contributed by atoms with Gasteiger partial charge in [-0.15, -0.1) is 0 Å². The van der Waals surface area contributed by atoms with Crippen LogP contribution in [-0.2, 0) is 26.1 Å². The van der Waals surface area contributed by atoms with Gasteiger partial charge < -0.3 is 14.4 Å². The SMILES string of the molecule is COc1ccccc1CN(CC1CCCO1)C(=O)C1CCN(S(=O)(=O)c2cccnc2)CC1. The molecule has 2 aliphatic rings. The summed E-state index contributed by atoms with van der Waals surface area (Å²) in [5.41, 5.74) is 0.947. The highest BCUT2D eigenvalue weighted by Gasteiger charge is 2.35. The summed E-state index contributed by atoms with van der Waals surface area (Å²) in [7, 11) is -1.97. The number of benzene rings is 1. The zero-order chi connectivity index (χ0) is 23.3. The molecule has 0 N–H and O–H groups in total. The molecule has 0 saturated carbocycles. The fraction of sp³-hybridized carbons (Fsp3) is 0.500. The van der Waals surface area contributed by atoms with Crippen LogP contribution < -0.4 is 4.74 Å². The molecule has 1 amide bonds. The van der Waals surface area contributed by atoms with Crippen LogP contribution in [0.2, 0.25) is 0 Å². The van der Waals surface area contributed by atoms with Gasteiger partial charge in [-0.25, -0.2) is 8.42 Å². The number of pyridine rings is 1. The average molecular weight is 474 g/mol. The minimum atomic E-state index is -3.60. The van der Waals surface area contributed by atoms with E-state index in [2.05, 4.69) is 4.98 Å². The van der Waals surface area contributed by atoms with Gasteiger partial charge in [0.2, 0.25) is 15.9 Å². The van der Waals surface area contributed by atoms with Crippen LogP contribution in [-0.4, -0.2) is 68.0 Å². The van der Waals surface area contributed by atoms with Crippen LogP contribution >= 0.6 is 0 Å². The normalized spacial score (nSPS) is 20.0. The van der Waals surface area contributed by atoms with Crippen molar-refractivity contribution in [3.8, 4) is 5.75 Å². The van der Waals surface area contributed by atoms with E-state index in [0.717, 1.165) is 30.8 Å². The number of carbonyl (C=O) groups is 1. The summed E-state index contributed by atoms with van der Waals surface area (Å²) in [6.45, 7) is 2.33. The first-order valence-electron chi connectivity index (χ1n) is 11.4. The quantitative estimate of drug-likeness (QED) is 0.586. The molecule has 2 saturated heterocycles. The standard InChI is InChI=1S/C24H31N3O5S/c1-31-23-9-3-2-6-20(23)17-26(18-21-7-5-15-32-21)24(28)19-10-13-27(14-11-19)33(29,30)22-8-4-12-25-16-22/h2-4,6,8-9,12,16,19,21H,5,7,10-11,13-15,17-18H2,1H3. The molecule has 0 bridgehead atoms. The fourth-order valence-corrected chi connectivity index (χ4v) is 5.99. The average Bonchev–Trinajstić information content (AvgIpc) is 3.37. The Labute approximate surface area is 195 Å². The second-order valence-electron chi connectivity index (χ2n) is 8.53. The predicted molar refractivity (Wildman–Crippen MR) is 123 cm³/mol. The molecule has 0 spiro atoms. The van der Waals surface area contributed by atoms with E-state index in [1.807, 2.05) is 29.2 Å². The number of carbonyl (C=O) groups excluding carboxylic acids is 1. The molecule has 33 heavy (non-hydrogen) atoms. The Morgan fingerprint density at radius 1 is 1.18 bits per heavy atom. The molecule has 178 valence electrons. The zero-order valence-corrected chi connectivity index (χ0v) is 19.7. The summed E-state index contributed by atoms with van der Waals surface area (Å²) in [4.78, 5) is 19.5. The third-order valence-corrected chi connectivity index (χ3v) is 8.27. The van der Waals surface area contributed by atoms with Gasteiger partial charge in [0, 0.05) is 56.7 Å². The topological polar surface area (TPSA) is 89.0 Å². The van der Waals surface area contributed by atoms with Crippen LogP contribution in [0, 0.1) is 5.92 Å². The molecule has 1 aromatic heterocycles. The maximum Gasteiger partial charge on any atom is 0.244 e. The van der Waals surface area contributed by atoms with Crippen LogP contribution in [0.3, 0.4) is 0 Å². The monoisotopic (exact) mass is 473 g/mol. The van der Waals surface area contributed by atoms with Crippen molar-refractivity contribution in [3.05, 3.63) is 54.4 Å². The zero-order valence-electron chi connectivity index (χ0n) is 18.9. The first-order valence-corrected chi connectivity index (χ1v) is 12.9. The van der Waals surface area contributed by atoms with E-state index < -0.39 is 10.0 Å². The van der Waals surface area contributed by atoms with Gasteiger partial charge in [-0.05, 0) is 43.9 Å². The number of para-hydroxylation sites is 1. The molecule has 4 rings (SSSR count). The molecule has 3 heterocycles. The highest BCUT2D eigenvalue weighted by molar-refractivity contribution is 7.89. The van der Waals surface area contributed by atoms with Gasteiger partial charge in [0.15, 0.2) is 0 Å². The van der Waals surface area contributed by atoms with Crippen molar-refractivity contribution in [1.82, 2.24) is 14.2 Å². The Balaban J connectivity index is 1.45. The number of nitrogens with zero attached hydrogens (tertiary/aromatic N) is 3. The lowest BCUT2D eigenvalue weighted by atomic mass is 9.96. The van der Waals surface area contributed by atoms with Gasteiger partial charge in [0.05, 0.1) is 13.2 Å². The van der Waals surface area contributed by atoms with Crippen molar-refractivity contribution in [3.63, 3.8) is 0 Å². The summed E-state index contributed by atoms with van der Waals surface area (Å²) < 4.78 is 38.6. The van der Waals surface area contributed by atoms with E-state index in [1.54, 1.807) is 25.4 Å². The molecule has 2 aliphatic heterocycles. The second-order valence-corrected chi connectivity index (χ2v) is 10.5. The van der Waals surface area contributed by atoms with Gasteiger partial charge in [-0.3, -0.25) is 9.78 Å². The lowest BCUT2D eigenvalue weighted by molar-refractivity contribution is -0.139. The fourth-order valence-electron chi connectivity index (χ4n) is 4.56. The molecule has 1 atom stereocenters. The predicted octanol–water partition coefficient (Wildman–Crippen LogP) is 2.70. The summed E-state index contributed by atoms with van der Waals surface area (Å²) in [5, 5.41) is 0. The van der Waals surface area contributed by atoms with Crippen LogP contribution in [0.5, 0.6) is 5.75 Å². The van der Waals surface area contributed by atoms with Gasteiger partial charge in [0.1, 0.15) is 10.6 Å². The number of ether oxygens (including phenoxy) is 2. The van der Waals surface area contributed by atoms with Crippen molar-refractivity contribution in [2.24, 2.45) is 5.92 Å². The van der Waals surface area contributed by atoms with Crippen molar-refractivity contribution in [2.45, 2.75) is 43.2 Å². The lowest BCUT2D eigenvalue weighted by Gasteiger charge is -2.34. The van der Waals surface area contributed by atoms with E-state index in [0.29, 0.717) is 39.0 Å². The molecule has 0 radical (unpaired) electrons. The maximum absolute atomic E-state index is 13.6. The summed E-state index contributed by atoms with van der Waals surface area (Å²) in [5.74, 6) is 0.580. The highest BCUT2D eigenvalue weighted by atomic mass is 32.2. The van der Waals surface area contributed by atoms with E-state index in [4.69, 9.17) is 9.47 Å². The van der Waals surface area contributed by atoms with Gasteiger partial charge in [-0.1, -0.05) is 18.2 Å². The molecule has 0 aliphatic carbocycles. The third kappa shape index (κ3) is 5.54. The highest BCUT2D eigenvalue weighted by Crippen LogP contribution is 2.27. The first kappa shape index (κ1) is 23.7. The molecule has 8 nitrogen and oxygen atoms in total. The number of amides is 1. The number of sulfonamides is 1. The van der Waals surface area contributed by atoms with Crippen molar-refractivity contribution in [1.29, 1.82) is 0 Å². The largest absolute Gasteiger partial charge is 0.496 e. The molecular formula is C24H31N3O5S. The van der Waals surface area contributed by atoms with Crippen LogP contribution in [0.4, 0.5) is 0 Å². The number of rotatable bonds is 8. The van der Waals surface area contributed by atoms with E-state index in [-0.39, 0.29) is 22.8 Å². The number of methoxy groups -OCH3 is 1. The number of aromatic nitrogens is 1. The Morgan fingerprint density at radius 2 is 1.97 bits per heavy atom. The first-order chi connectivity index (χ1) is 16.0. The van der Waals surface area contributed by atoms with E-state index >= 15 is 0 Å². The summed E-state index contributed by atoms with van der Waals surface area (Å²) in [6, 6.07) is 10.9. The Kier molecular flexibility index (Phi) is 7.62. The number of hydrogen-bond donors (Lipinski definition) is 0. The van der Waals surface area contributed by atoms with Crippen molar-refractivity contribution >= 4 is 15.9 Å². The lowest BCUT2D eigenvalue weighted by Crippen LogP contribution is -2.46. The third-order valence-electron chi connectivity index (χ3n) is 6.39. The van der Waals surface area contributed by atoms with Crippen LogP contribution in [0.1, 0.15) is 31.2 Å². The minimum Gasteiger partial charge on any atom is -0.496 e. The van der Waals surface area contributed by atoms with Crippen molar-refractivity contribution in [2.75, 3.05) is 33.4 Å². The van der Waals surface area contributed by atoms with E-state index in [1.165, 1.54) is 10.5 Å². The minimum absolute atomic E-state index is 0.0368. The maximum atomic E-state index is 13.6. The molecule has 1 unspecified atom stereocenters. The Hall–Kier alpha value is -2.49. The number of piperidine rings is 1. The second kappa shape index (κ2) is 10.6. The smallest absolute Gasteiger partial charge is 0.244 e. The van der Waals surface area contributed by atoms with Gasteiger partial charge in [0.25, 0.3) is 0 Å². The Bertz CT molecular complexity index is 1030. The summed E-state index contributed by atoms with van der Waals surface area (Å²) in [6.07, 6.45) is 5.88. The molecule has 2 fully saturated rings. The number of hydrogen-bond acceptors (Lipinski definition) is 6. The van der Waals surface area contributed by atoms with Crippen molar-refractivity contribution < 1.29 is 22.7 Å². The van der Waals surface area contributed by atoms with Crippen LogP contribution in [0.15, 0.2) is 53.7 Å². The van der Waals surface area contributed by atoms with Crippen LogP contribution in [0.25, 0.3) is 0 Å². The molecule has 9 heteroatoms. The Morgan fingerprint density at radius 3 is 2.64 bits per heavy atom. The summed E-state index contributed by atoms with van der Waals surface area (Å²) >= 11 is 0. The van der Waals surface area contributed by atoms with Gasteiger partial charge in [-0.2, -0.15) is 4.31 Å².